The lowest BCUT2D eigenvalue weighted by Gasteiger charge is -2.14. The van der Waals surface area contributed by atoms with Crippen molar-refractivity contribution in [2.24, 2.45) is 0 Å². The lowest BCUT2D eigenvalue weighted by atomic mass is 10.1. The summed E-state index contributed by atoms with van der Waals surface area (Å²) in [6.45, 7) is 1.66. The van der Waals surface area contributed by atoms with E-state index in [0.717, 1.165) is 11.3 Å². The summed E-state index contributed by atoms with van der Waals surface area (Å²) in [4.78, 5) is 11.3. The van der Waals surface area contributed by atoms with Crippen LogP contribution in [0.5, 0.6) is 5.75 Å². The molecule has 0 saturated carbocycles. The van der Waals surface area contributed by atoms with E-state index >= 15 is 0 Å². The third-order valence-electron chi connectivity index (χ3n) is 2.25. The zero-order valence-corrected chi connectivity index (χ0v) is 9.97. The van der Waals surface area contributed by atoms with Gasteiger partial charge in [-0.25, -0.2) is 4.79 Å². The maximum atomic E-state index is 11.3. The summed E-state index contributed by atoms with van der Waals surface area (Å²) in [5.41, 5.74) is 0.922. The fraction of sp³-hybridized carbons (Fsp3) is 0.417. The minimum absolute atomic E-state index is 0.00331. The summed E-state index contributed by atoms with van der Waals surface area (Å²) >= 11 is 0. The van der Waals surface area contributed by atoms with E-state index in [1.807, 2.05) is 31.2 Å². The molecular weight excluding hydrogens is 222 g/mol. The van der Waals surface area contributed by atoms with Crippen LogP contribution < -0.4 is 10.1 Å². The molecule has 0 fully saturated rings. The van der Waals surface area contributed by atoms with Gasteiger partial charge >= 0.3 is 6.09 Å². The molecule has 0 aromatic heterocycles. The predicted molar refractivity (Wildman–Crippen MR) is 63.0 cm³/mol. The third kappa shape index (κ3) is 4.32. The van der Waals surface area contributed by atoms with E-state index in [9.17, 15) is 4.79 Å². The second-order valence-electron chi connectivity index (χ2n) is 3.50. The van der Waals surface area contributed by atoms with Crippen molar-refractivity contribution < 1.29 is 19.4 Å². The molecule has 1 aromatic rings. The number of aliphatic hydroxyl groups is 1. The Hall–Kier alpha value is -1.75. The lowest BCUT2D eigenvalue weighted by molar-refractivity contribution is 0.116. The fourth-order valence-corrected chi connectivity index (χ4v) is 1.35. The largest absolute Gasteiger partial charge is 0.497 e. The SMILES string of the molecule is COc1cccc([C@H](C)NC(=O)OCCO)c1. The van der Waals surface area contributed by atoms with Crippen LogP contribution in [0.15, 0.2) is 24.3 Å². The highest BCUT2D eigenvalue weighted by molar-refractivity contribution is 5.67. The quantitative estimate of drug-likeness (QED) is 0.816. The topological polar surface area (TPSA) is 67.8 Å². The van der Waals surface area contributed by atoms with Crippen molar-refractivity contribution in [1.82, 2.24) is 5.32 Å². The van der Waals surface area contributed by atoms with E-state index in [4.69, 9.17) is 14.6 Å². The van der Waals surface area contributed by atoms with Gasteiger partial charge in [0.15, 0.2) is 0 Å². The third-order valence-corrected chi connectivity index (χ3v) is 2.25. The van der Waals surface area contributed by atoms with Crippen molar-refractivity contribution in [1.29, 1.82) is 0 Å². The molecule has 0 radical (unpaired) electrons. The Morgan fingerprint density at radius 1 is 1.53 bits per heavy atom. The molecule has 5 nitrogen and oxygen atoms in total. The first-order chi connectivity index (χ1) is 8.17. The second kappa shape index (κ2) is 6.75. The molecule has 1 atom stereocenters. The Labute approximate surface area is 100 Å². The van der Waals surface area contributed by atoms with Crippen LogP contribution in [0.4, 0.5) is 4.79 Å². The van der Waals surface area contributed by atoms with Gasteiger partial charge in [-0.15, -0.1) is 0 Å². The van der Waals surface area contributed by atoms with Gasteiger partial charge in [0.05, 0.1) is 19.8 Å². The molecule has 1 aromatic carbocycles. The van der Waals surface area contributed by atoms with Gasteiger partial charge < -0.3 is 19.9 Å². The van der Waals surface area contributed by atoms with Crippen LogP contribution in [0.3, 0.4) is 0 Å². The van der Waals surface area contributed by atoms with Gasteiger partial charge in [0.1, 0.15) is 12.4 Å². The molecule has 1 rings (SSSR count). The minimum atomic E-state index is -0.547. The zero-order valence-electron chi connectivity index (χ0n) is 9.97. The summed E-state index contributed by atoms with van der Waals surface area (Å²) < 4.78 is 9.81. The number of amides is 1. The van der Waals surface area contributed by atoms with E-state index in [0.29, 0.717) is 0 Å². The molecule has 1 amide bonds. The van der Waals surface area contributed by atoms with Gasteiger partial charge in [-0.05, 0) is 24.6 Å². The van der Waals surface area contributed by atoms with Gasteiger partial charge in [0, 0.05) is 0 Å². The Morgan fingerprint density at radius 2 is 2.29 bits per heavy atom. The maximum absolute atomic E-state index is 11.3. The van der Waals surface area contributed by atoms with Crippen LogP contribution in [-0.4, -0.2) is 31.5 Å². The number of ether oxygens (including phenoxy) is 2. The highest BCUT2D eigenvalue weighted by atomic mass is 16.6. The highest BCUT2D eigenvalue weighted by Crippen LogP contribution is 2.18. The van der Waals surface area contributed by atoms with Crippen molar-refractivity contribution in [2.75, 3.05) is 20.3 Å². The molecule has 94 valence electrons. The molecule has 0 aliphatic carbocycles. The minimum Gasteiger partial charge on any atom is -0.497 e. The van der Waals surface area contributed by atoms with Crippen molar-refractivity contribution in [3.8, 4) is 5.75 Å². The van der Waals surface area contributed by atoms with Crippen LogP contribution >= 0.6 is 0 Å². The average molecular weight is 239 g/mol. The Bertz CT molecular complexity index is 367. The number of hydrogen-bond donors (Lipinski definition) is 2. The molecule has 0 aliphatic rings. The van der Waals surface area contributed by atoms with E-state index < -0.39 is 6.09 Å². The monoisotopic (exact) mass is 239 g/mol. The first kappa shape index (κ1) is 13.3. The molecular formula is C12H17NO4. The number of aliphatic hydroxyl groups excluding tert-OH is 1. The van der Waals surface area contributed by atoms with E-state index in [2.05, 4.69) is 5.32 Å². The van der Waals surface area contributed by atoms with Crippen molar-refractivity contribution in [3.63, 3.8) is 0 Å². The predicted octanol–water partition coefficient (Wildman–Crippen LogP) is 1.47. The number of carbonyl (C=O) groups is 1. The number of alkyl carbamates (subject to hydrolysis) is 1. The van der Waals surface area contributed by atoms with Gasteiger partial charge in [0.25, 0.3) is 0 Å². The fourth-order valence-electron chi connectivity index (χ4n) is 1.35. The number of nitrogens with one attached hydrogen (secondary N) is 1. The van der Waals surface area contributed by atoms with Gasteiger partial charge in [-0.1, -0.05) is 12.1 Å². The zero-order chi connectivity index (χ0) is 12.7. The van der Waals surface area contributed by atoms with E-state index in [1.54, 1.807) is 7.11 Å². The number of benzene rings is 1. The molecule has 17 heavy (non-hydrogen) atoms. The first-order valence-corrected chi connectivity index (χ1v) is 5.35. The van der Waals surface area contributed by atoms with E-state index in [1.165, 1.54) is 0 Å². The second-order valence-corrected chi connectivity index (χ2v) is 3.50. The summed E-state index contributed by atoms with van der Waals surface area (Å²) in [5, 5.41) is 11.2. The van der Waals surface area contributed by atoms with Crippen molar-refractivity contribution in [3.05, 3.63) is 29.8 Å². The first-order valence-electron chi connectivity index (χ1n) is 5.35. The molecule has 0 spiro atoms. The molecule has 5 heteroatoms. The summed E-state index contributed by atoms with van der Waals surface area (Å²) in [5.74, 6) is 0.736. The van der Waals surface area contributed by atoms with Crippen LogP contribution in [0, 0.1) is 0 Å². The van der Waals surface area contributed by atoms with E-state index in [-0.39, 0.29) is 19.3 Å². The number of carbonyl (C=O) groups excluding carboxylic acids is 1. The summed E-state index contributed by atoms with van der Waals surface area (Å²) in [7, 11) is 1.59. The van der Waals surface area contributed by atoms with Crippen LogP contribution in [0.1, 0.15) is 18.5 Å². The normalized spacial score (nSPS) is 11.7. The molecule has 0 bridgehead atoms. The number of hydrogen-bond acceptors (Lipinski definition) is 4. The van der Waals surface area contributed by atoms with Crippen LogP contribution in [0.2, 0.25) is 0 Å². The van der Waals surface area contributed by atoms with Crippen molar-refractivity contribution >= 4 is 6.09 Å². The summed E-state index contributed by atoms with van der Waals surface area (Å²) in [6, 6.07) is 7.23. The molecule has 0 aliphatic heterocycles. The molecule has 2 N–H and O–H groups in total. The number of methoxy groups -OCH3 is 1. The summed E-state index contributed by atoms with van der Waals surface area (Å²) in [6.07, 6.45) is -0.547. The standard InChI is InChI=1S/C12H17NO4/c1-9(13-12(15)17-7-6-14)10-4-3-5-11(8-10)16-2/h3-5,8-9,14H,6-7H2,1-2H3,(H,13,15)/t9-/m0/s1. The lowest BCUT2D eigenvalue weighted by Crippen LogP contribution is -2.28. The molecule has 0 saturated heterocycles. The maximum Gasteiger partial charge on any atom is 0.407 e. The smallest absolute Gasteiger partial charge is 0.407 e. The Balaban J connectivity index is 2.56. The Kier molecular flexibility index (Phi) is 5.29. The highest BCUT2D eigenvalue weighted by Gasteiger charge is 2.10. The van der Waals surface area contributed by atoms with Gasteiger partial charge in [0.2, 0.25) is 0 Å². The van der Waals surface area contributed by atoms with Crippen LogP contribution in [-0.2, 0) is 4.74 Å². The Morgan fingerprint density at radius 3 is 2.94 bits per heavy atom. The average Bonchev–Trinajstić information content (AvgIpc) is 2.36. The number of rotatable bonds is 5. The molecule has 0 unspecified atom stereocenters. The van der Waals surface area contributed by atoms with Crippen LogP contribution in [0.25, 0.3) is 0 Å². The molecule has 0 heterocycles. The van der Waals surface area contributed by atoms with Gasteiger partial charge in [-0.3, -0.25) is 0 Å². The van der Waals surface area contributed by atoms with Gasteiger partial charge in [-0.2, -0.15) is 0 Å². The van der Waals surface area contributed by atoms with Crippen molar-refractivity contribution in [2.45, 2.75) is 13.0 Å².